The van der Waals surface area contributed by atoms with Crippen molar-refractivity contribution in [1.82, 2.24) is 8.80 Å². The quantitative estimate of drug-likeness (QED) is 0.165. The monoisotopic (exact) mass is 967 g/mol. The van der Waals surface area contributed by atoms with E-state index in [0.29, 0.717) is 5.92 Å². The molecule has 0 radical (unpaired) electrons. The topological polar surface area (TPSA) is 15.3 Å². The first-order chi connectivity index (χ1) is 35.3. The van der Waals surface area contributed by atoms with Gasteiger partial charge in [-0.3, -0.25) is 0 Å². The van der Waals surface area contributed by atoms with E-state index in [1.807, 2.05) is 0 Å². The minimum absolute atomic E-state index is 0.0556. The molecule has 0 fully saturated rings. The van der Waals surface area contributed by atoms with Crippen molar-refractivity contribution in [1.29, 1.82) is 0 Å². The lowest BCUT2D eigenvalue weighted by Crippen LogP contribution is -2.28. The molecule has 2 aliphatic rings. The first-order valence-corrected chi connectivity index (χ1v) is 27.2. The molecule has 370 valence electrons. The smallest absolute Gasteiger partial charge is 0.0641 e. The average molecular weight is 967 g/mol. The second-order valence-electron chi connectivity index (χ2n) is 25.8. The predicted molar refractivity (Wildman–Crippen MR) is 320 cm³/mol. The maximum atomic E-state index is 2.62. The van der Waals surface area contributed by atoms with Crippen LogP contribution in [-0.4, -0.2) is 8.80 Å². The fraction of sp³-hybridized carbons (Fsp3) is 0.286. The Morgan fingerprint density at radius 3 is 1.43 bits per heavy atom. The van der Waals surface area contributed by atoms with E-state index in [0.717, 1.165) is 30.6 Å². The summed E-state index contributed by atoms with van der Waals surface area (Å²) in [5.74, 6) is 0.481. The largest absolute Gasteiger partial charge is 0.310 e. The van der Waals surface area contributed by atoms with Crippen LogP contribution in [0.15, 0.2) is 157 Å². The molecule has 4 heterocycles. The van der Waals surface area contributed by atoms with Gasteiger partial charge in [0.25, 0.3) is 0 Å². The third-order valence-corrected chi connectivity index (χ3v) is 16.9. The van der Waals surface area contributed by atoms with Crippen LogP contribution < -0.4 is 20.4 Å². The molecule has 13 rings (SSSR count). The van der Waals surface area contributed by atoms with Crippen LogP contribution in [0.5, 0.6) is 0 Å². The first kappa shape index (κ1) is 46.5. The fourth-order valence-corrected chi connectivity index (χ4v) is 12.7. The zero-order chi connectivity index (χ0) is 51.4. The van der Waals surface area contributed by atoms with Crippen LogP contribution in [0.2, 0.25) is 0 Å². The third kappa shape index (κ3) is 7.07. The zero-order valence-electron chi connectivity index (χ0n) is 45.6. The van der Waals surface area contributed by atoms with E-state index in [1.54, 1.807) is 0 Å². The molecule has 0 amide bonds. The SMILES string of the molecule is CC(C)(C)c1ccc(N(C2=CCC(C(C)(C)C)C=C2)c2ccc3c4cc5c(cc4n4c6ccccc6c2c34)c2ccc(N(c3ccc(C(C)(C)C)cc3)c3ccc(C(C)(C)C)cc3)c3c4c(n5c32)=CCCC=4)cc1. The Balaban J connectivity index is 1.06. The Morgan fingerprint density at radius 1 is 0.432 bits per heavy atom. The number of benzene rings is 7. The lowest BCUT2D eigenvalue weighted by molar-refractivity contribution is 0.293. The van der Waals surface area contributed by atoms with Gasteiger partial charge in [-0.1, -0.05) is 174 Å². The highest BCUT2D eigenvalue weighted by molar-refractivity contribution is 6.30. The number of fused-ring (bicyclic) bond motifs is 12. The Kier molecular flexibility index (Phi) is 10.1. The molecule has 7 aromatic carbocycles. The third-order valence-electron chi connectivity index (χ3n) is 16.9. The van der Waals surface area contributed by atoms with Gasteiger partial charge in [-0.25, -0.2) is 0 Å². The molecule has 1 atom stereocenters. The highest BCUT2D eigenvalue weighted by Crippen LogP contribution is 2.50. The highest BCUT2D eigenvalue weighted by Gasteiger charge is 2.30. The summed E-state index contributed by atoms with van der Waals surface area (Å²) in [6.45, 7) is 27.8. The van der Waals surface area contributed by atoms with Gasteiger partial charge >= 0.3 is 0 Å². The number of hydrogen-bond acceptors (Lipinski definition) is 2. The molecule has 0 bridgehead atoms. The van der Waals surface area contributed by atoms with E-state index >= 15 is 0 Å². The van der Waals surface area contributed by atoms with Crippen molar-refractivity contribution in [2.24, 2.45) is 11.3 Å². The second kappa shape index (κ2) is 16.1. The molecule has 0 saturated heterocycles. The van der Waals surface area contributed by atoms with Crippen molar-refractivity contribution in [2.45, 2.75) is 119 Å². The Bertz CT molecular complexity index is 4160. The summed E-state index contributed by atoms with van der Waals surface area (Å²) < 4.78 is 5.20. The van der Waals surface area contributed by atoms with E-state index in [-0.39, 0.29) is 21.7 Å². The average Bonchev–Trinajstić information content (AvgIpc) is 4.10. The lowest BCUT2D eigenvalue weighted by Gasteiger charge is -2.33. The van der Waals surface area contributed by atoms with Crippen LogP contribution in [0.3, 0.4) is 0 Å². The summed E-state index contributed by atoms with van der Waals surface area (Å²) in [5.41, 5.74) is 17.9. The molecule has 4 aromatic heterocycles. The van der Waals surface area contributed by atoms with Gasteiger partial charge in [0, 0.05) is 71.0 Å². The normalized spacial score (nSPS) is 15.8. The molecule has 0 N–H and O–H groups in total. The molecule has 4 heteroatoms. The van der Waals surface area contributed by atoms with E-state index in [4.69, 9.17) is 0 Å². The Morgan fingerprint density at radius 2 is 0.919 bits per heavy atom. The van der Waals surface area contributed by atoms with Gasteiger partial charge in [-0.15, -0.1) is 0 Å². The van der Waals surface area contributed by atoms with E-state index < -0.39 is 0 Å². The Labute approximate surface area is 436 Å². The number of para-hydroxylation sites is 1. The van der Waals surface area contributed by atoms with Crippen molar-refractivity contribution in [3.05, 3.63) is 185 Å². The van der Waals surface area contributed by atoms with Crippen molar-refractivity contribution in [3.63, 3.8) is 0 Å². The first-order valence-electron chi connectivity index (χ1n) is 27.2. The van der Waals surface area contributed by atoms with Crippen LogP contribution in [0.4, 0.5) is 28.4 Å². The van der Waals surface area contributed by atoms with Crippen molar-refractivity contribution < 1.29 is 0 Å². The van der Waals surface area contributed by atoms with Crippen molar-refractivity contribution >= 4 is 106 Å². The predicted octanol–water partition coefficient (Wildman–Crippen LogP) is 18.2. The lowest BCUT2D eigenvalue weighted by atomic mass is 9.77. The Hall–Kier alpha value is -7.30. The summed E-state index contributed by atoms with van der Waals surface area (Å²) in [6, 6.07) is 51.7. The summed E-state index contributed by atoms with van der Waals surface area (Å²) in [5, 5.41) is 11.7. The molecule has 11 aromatic rings. The van der Waals surface area contributed by atoms with Gasteiger partial charge in [0.05, 0.1) is 39.0 Å². The molecular formula is C70H70N4. The van der Waals surface area contributed by atoms with Gasteiger partial charge in [0.1, 0.15) is 0 Å². The van der Waals surface area contributed by atoms with Gasteiger partial charge < -0.3 is 18.6 Å². The van der Waals surface area contributed by atoms with Crippen LogP contribution in [0, 0.1) is 11.3 Å². The second-order valence-corrected chi connectivity index (χ2v) is 25.8. The van der Waals surface area contributed by atoms with Crippen LogP contribution >= 0.6 is 0 Å². The molecule has 2 aliphatic carbocycles. The fourth-order valence-electron chi connectivity index (χ4n) is 12.7. The number of aromatic nitrogens is 2. The van der Waals surface area contributed by atoms with Crippen molar-refractivity contribution in [2.75, 3.05) is 9.80 Å². The highest BCUT2D eigenvalue weighted by atomic mass is 15.2. The molecule has 4 nitrogen and oxygen atoms in total. The maximum absolute atomic E-state index is 2.62. The molecular weight excluding hydrogens is 897 g/mol. The minimum atomic E-state index is 0.0556. The molecule has 0 saturated carbocycles. The summed E-state index contributed by atoms with van der Waals surface area (Å²) in [6.07, 6.45) is 15.4. The van der Waals surface area contributed by atoms with E-state index in [9.17, 15) is 0 Å². The molecule has 74 heavy (non-hydrogen) atoms. The van der Waals surface area contributed by atoms with Gasteiger partial charge in [0.15, 0.2) is 0 Å². The minimum Gasteiger partial charge on any atom is -0.310 e. The summed E-state index contributed by atoms with van der Waals surface area (Å²) in [4.78, 5) is 5.04. The molecule has 0 spiro atoms. The summed E-state index contributed by atoms with van der Waals surface area (Å²) in [7, 11) is 0. The van der Waals surface area contributed by atoms with Gasteiger partial charge in [-0.05, 0) is 136 Å². The number of rotatable bonds is 6. The number of allylic oxidation sites excluding steroid dienone is 3. The van der Waals surface area contributed by atoms with Gasteiger partial charge in [-0.2, -0.15) is 0 Å². The number of hydrogen-bond donors (Lipinski definition) is 0. The maximum Gasteiger partial charge on any atom is 0.0641 e. The van der Waals surface area contributed by atoms with Crippen LogP contribution in [0.25, 0.3) is 77.4 Å². The van der Waals surface area contributed by atoms with Crippen LogP contribution in [-0.2, 0) is 16.2 Å². The number of anilines is 5. The van der Waals surface area contributed by atoms with Gasteiger partial charge in [0.2, 0.25) is 0 Å². The number of nitrogens with zero attached hydrogens (tertiary/aromatic N) is 4. The molecule has 0 aliphatic heterocycles. The van der Waals surface area contributed by atoms with E-state index in [1.165, 1.54) is 115 Å². The molecule has 1 unspecified atom stereocenters. The standard InChI is InChI=1S/C70H70N4/c1-67(2,3)43-21-29-47(30-22-43)71(48-31-23-44(24-32-48)68(4,5)6)59-39-37-51-55-41-62-56(42-61(55)73-57-19-15-13-17-53(57)63(59)65(51)73)52-38-40-60(64-54-18-14-16-20-58(54)74(62)66(52)64)72(49-33-25-45(26-34-49)69(7,8)9)50-35-27-46(28-36-50)70(10,11)12/h13,15,17-23,25-42,44H,14,16,24H2,1-12H3. The van der Waals surface area contributed by atoms with Crippen LogP contribution in [0.1, 0.15) is 119 Å². The van der Waals surface area contributed by atoms with E-state index in [2.05, 4.69) is 266 Å². The zero-order valence-corrected chi connectivity index (χ0v) is 45.6. The van der Waals surface area contributed by atoms with Crippen molar-refractivity contribution in [3.8, 4) is 0 Å². The summed E-state index contributed by atoms with van der Waals surface area (Å²) >= 11 is 0.